The van der Waals surface area contributed by atoms with Gasteiger partial charge < -0.3 is 4.74 Å². The van der Waals surface area contributed by atoms with Gasteiger partial charge in [-0.05, 0) is 61.8 Å². The first-order valence-corrected chi connectivity index (χ1v) is 12.9. The van der Waals surface area contributed by atoms with E-state index in [1.54, 1.807) is 11.3 Å². The van der Waals surface area contributed by atoms with Gasteiger partial charge in [0.05, 0.1) is 6.61 Å². The molecule has 0 saturated carbocycles. The van der Waals surface area contributed by atoms with Gasteiger partial charge in [0.1, 0.15) is 15.8 Å². The monoisotopic (exact) mass is 430 g/mol. The minimum absolute atomic E-state index is 0.466. The van der Waals surface area contributed by atoms with E-state index in [1.807, 2.05) is 0 Å². The molecule has 1 aromatic carbocycles. The molecule has 30 heavy (non-hydrogen) atoms. The summed E-state index contributed by atoms with van der Waals surface area (Å²) in [6.45, 7) is 10.1. The number of aryl methyl sites for hydroxylation is 1. The van der Waals surface area contributed by atoms with Crippen LogP contribution in [0.1, 0.15) is 103 Å². The van der Waals surface area contributed by atoms with Gasteiger partial charge in [-0.3, -0.25) is 0 Å². The highest BCUT2D eigenvalue weighted by Gasteiger charge is 2.16. The molecule has 2 rings (SSSR count). The summed E-state index contributed by atoms with van der Waals surface area (Å²) < 4.78 is 5.95. The van der Waals surface area contributed by atoms with Gasteiger partial charge in [0.15, 0.2) is 0 Å². The topological polar surface area (TPSA) is 35.0 Å². The Balaban J connectivity index is 1.68. The average Bonchev–Trinajstić information content (AvgIpc) is 3.21. The molecule has 0 spiro atoms. The first-order valence-electron chi connectivity index (χ1n) is 12.1. The Bertz CT molecular complexity index is 693. The Kier molecular flexibility index (Phi) is 11.4. The van der Waals surface area contributed by atoms with Crippen LogP contribution in [-0.4, -0.2) is 16.8 Å². The Morgan fingerprint density at radius 3 is 2.23 bits per heavy atom. The predicted molar refractivity (Wildman–Crippen MR) is 130 cm³/mol. The van der Waals surface area contributed by atoms with E-state index in [9.17, 15) is 0 Å². The van der Waals surface area contributed by atoms with Gasteiger partial charge in [-0.2, -0.15) is 0 Å². The normalized spacial score (nSPS) is 11.7. The molecule has 3 nitrogen and oxygen atoms in total. The first kappa shape index (κ1) is 24.8. The van der Waals surface area contributed by atoms with Crippen molar-refractivity contribution in [3.05, 3.63) is 29.3 Å². The molecule has 1 heterocycles. The third kappa shape index (κ3) is 9.59. The summed E-state index contributed by atoms with van der Waals surface area (Å²) in [5.41, 5.74) is 1.60. The van der Waals surface area contributed by atoms with Crippen molar-refractivity contribution in [2.75, 3.05) is 6.61 Å². The zero-order chi connectivity index (χ0) is 21.7. The predicted octanol–water partition coefficient (Wildman–Crippen LogP) is 8.48. The molecule has 0 atom stereocenters. The summed E-state index contributed by atoms with van der Waals surface area (Å²) in [5, 5.41) is 10.9. The molecule has 0 radical (unpaired) electrons. The fourth-order valence-corrected chi connectivity index (χ4v) is 4.61. The van der Waals surface area contributed by atoms with Crippen molar-refractivity contribution in [2.45, 2.75) is 105 Å². The second kappa shape index (κ2) is 13.8. The van der Waals surface area contributed by atoms with Crippen LogP contribution >= 0.6 is 11.3 Å². The van der Waals surface area contributed by atoms with E-state index in [4.69, 9.17) is 4.74 Å². The summed E-state index contributed by atoms with van der Waals surface area (Å²) in [5.74, 6) is 0.949. The largest absolute Gasteiger partial charge is 0.494 e. The summed E-state index contributed by atoms with van der Waals surface area (Å²) >= 11 is 1.72. The van der Waals surface area contributed by atoms with Gasteiger partial charge in [0.2, 0.25) is 0 Å². The molecular formula is C26H42N2OS. The maximum absolute atomic E-state index is 5.95. The van der Waals surface area contributed by atoms with Crippen LogP contribution in [0.5, 0.6) is 5.75 Å². The van der Waals surface area contributed by atoms with Gasteiger partial charge >= 0.3 is 0 Å². The highest BCUT2D eigenvalue weighted by molar-refractivity contribution is 7.14. The maximum atomic E-state index is 5.95. The molecule has 0 fully saturated rings. The number of ether oxygens (including phenoxy) is 1. The third-order valence-electron chi connectivity index (χ3n) is 5.79. The van der Waals surface area contributed by atoms with Gasteiger partial charge in [-0.15, -0.1) is 10.2 Å². The van der Waals surface area contributed by atoms with Crippen LogP contribution in [0.3, 0.4) is 0 Å². The van der Waals surface area contributed by atoms with Crippen molar-refractivity contribution in [1.82, 2.24) is 10.2 Å². The van der Waals surface area contributed by atoms with Gasteiger partial charge in [0, 0.05) is 12.0 Å². The lowest BCUT2D eigenvalue weighted by molar-refractivity contribution is 0.259. The van der Waals surface area contributed by atoms with E-state index in [0.717, 1.165) is 40.8 Å². The van der Waals surface area contributed by atoms with Crippen LogP contribution in [-0.2, 0) is 6.42 Å². The SMILES string of the molecule is CCCCCCCc1nnc(-c2ccc(OCCCCC(C)(C)CCCC)cc2)s1. The Morgan fingerprint density at radius 1 is 0.800 bits per heavy atom. The standard InChI is InChI=1S/C26H42N2OS/c1-5-7-9-10-11-14-24-27-28-25(30-24)22-15-17-23(18-16-22)29-21-13-12-20-26(3,4)19-8-6-2/h15-18H,5-14,19-21H2,1-4H3. The summed E-state index contributed by atoms with van der Waals surface area (Å²) in [6.07, 6.45) is 15.1. The summed E-state index contributed by atoms with van der Waals surface area (Å²) in [4.78, 5) is 0. The van der Waals surface area contributed by atoms with E-state index in [2.05, 4.69) is 62.2 Å². The molecule has 168 valence electrons. The molecule has 0 aliphatic carbocycles. The van der Waals surface area contributed by atoms with E-state index < -0.39 is 0 Å². The molecule has 2 aromatic rings. The van der Waals surface area contributed by atoms with Crippen LogP contribution in [0.4, 0.5) is 0 Å². The van der Waals surface area contributed by atoms with Crippen molar-refractivity contribution < 1.29 is 4.74 Å². The highest BCUT2D eigenvalue weighted by Crippen LogP contribution is 2.30. The second-order valence-electron chi connectivity index (χ2n) is 9.26. The molecule has 0 unspecified atom stereocenters. The van der Waals surface area contributed by atoms with Gasteiger partial charge in [0.25, 0.3) is 0 Å². The lowest BCUT2D eigenvalue weighted by atomic mass is 9.82. The van der Waals surface area contributed by atoms with Crippen molar-refractivity contribution in [3.8, 4) is 16.3 Å². The Hall–Kier alpha value is -1.42. The van der Waals surface area contributed by atoms with Crippen molar-refractivity contribution in [1.29, 1.82) is 0 Å². The number of rotatable bonds is 16. The zero-order valence-electron chi connectivity index (χ0n) is 19.7. The van der Waals surface area contributed by atoms with Crippen molar-refractivity contribution in [2.24, 2.45) is 5.41 Å². The van der Waals surface area contributed by atoms with E-state index >= 15 is 0 Å². The Labute approximate surface area is 188 Å². The van der Waals surface area contributed by atoms with Crippen LogP contribution in [0, 0.1) is 5.41 Å². The number of hydrogen-bond donors (Lipinski definition) is 0. The second-order valence-corrected chi connectivity index (χ2v) is 10.3. The van der Waals surface area contributed by atoms with Crippen LogP contribution < -0.4 is 4.74 Å². The number of benzene rings is 1. The Morgan fingerprint density at radius 2 is 1.50 bits per heavy atom. The molecule has 4 heteroatoms. The maximum Gasteiger partial charge on any atom is 0.147 e. The van der Waals surface area contributed by atoms with Gasteiger partial charge in [-0.1, -0.05) is 77.6 Å². The molecule has 0 saturated heterocycles. The van der Waals surface area contributed by atoms with Gasteiger partial charge in [-0.25, -0.2) is 0 Å². The molecular weight excluding hydrogens is 388 g/mol. The third-order valence-corrected chi connectivity index (χ3v) is 6.82. The molecule has 0 amide bonds. The molecule has 0 bridgehead atoms. The fraction of sp³-hybridized carbons (Fsp3) is 0.692. The lowest BCUT2D eigenvalue weighted by Crippen LogP contribution is -2.11. The molecule has 0 aliphatic rings. The van der Waals surface area contributed by atoms with Crippen LogP contribution in [0.2, 0.25) is 0 Å². The van der Waals surface area contributed by atoms with E-state index in [-0.39, 0.29) is 0 Å². The highest BCUT2D eigenvalue weighted by atomic mass is 32.1. The quantitative estimate of drug-likeness (QED) is 0.250. The minimum Gasteiger partial charge on any atom is -0.494 e. The summed E-state index contributed by atoms with van der Waals surface area (Å²) in [6, 6.07) is 8.34. The number of hydrogen-bond acceptors (Lipinski definition) is 4. The fourth-order valence-electron chi connectivity index (χ4n) is 3.72. The van der Waals surface area contributed by atoms with Crippen molar-refractivity contribution in [3.63, 3.8) is 0 Å². The zero-order valence-corrected chi connectivity index (χ0v) is 20.5. The van der Waals surface area contributed by atoms with E-state index in [0.29, 0.717) is 5.41 Å². The first-order chi connectivity index (χ1) is 14.5. The number of nitrogens with zero attached hydrogens (tertiary/aromatic N) is 2. The van der Waals surface area contributed by atoms with Crippen LogP contribution in [0.25, 0.3) is 10.6 Å². The average molecular weight is 431 g/mol. The molecule has 0 N–H and O–H groups in total. The molecule has 1 aromatic heterocycles. The number of unbranched alkanes of at least 4 members (excludes halogenated alkanes) is 6. The van der Waals surface area contributed by atoms with Crippen molar-refractivity contribution >= 4 is 11.3 Å². The lowest BCUT2D eigenvalue weighted by Gasteiger charge is -2.24. The molecule has 0 aliphatic heterocycles. The number of aromatic nitrogens is 2. The minimum atomic E-state index is 0.466. The summed E-state index contributed by atoms with van der Waals surface area (Å²) in [7, 11) is 0. The smallest absolute Gasteiger partial charge is 0.147 e. The van der Waals surface area contributed by atoms with Crippen LogP contribution in [0.15, 0.2) is 24.3 Å². The van der Waals surface area contributed by atoms with E-state index in [1.165, 1.54) is 64.2 Å².